The minimum atomic E-state index is -0.0557. The highest BCUT2D eigenvalue weighted by Crippen LogP contribution is 2.28. The molecule has 4 rings (SSSR count). The maximum atomic E-state index is 12.6. The number of hydrogen-bond acceptors (Lipinski definition) is 4. The molecule has 0 aromatic carbocycles. The molecule has 1 aliphatic carbocycles. The topological polar surface area (TPSA) is 76.2 Å². The zero-order chi connectivity index (χ0) is 16.4. The van der Waals surface area contributed by atoms with E-state index in [0.29, 0.717) is 19.1 Å². The monoisotopic (exact) mass is 329 g/mol. The molecule has 0 radical (unpaired) electrons. The van der Waals surface area contributed by atoms with E-state index in [9.17, 15) is 4.79 Å². The average molecular weight is 329 g/mol. The van der Waals surface area contributed by atoms with Crippen LogP contribution in [0.15, 0.2) is 22.8 Å². The molecule has 24 heavy (non-hydrogen) atoms. The van der Waals surface area contributed by atoms with E-state index < -0.39 is 0 Å². The fourth-order valence-electron chi connectivity index (χ4n) is 3.26. The minimum absolute atomic E-state index is 0.0557. The van der Waals surface area contributed by atoms with Crippen molar-refractivity contribution < 1.29 is 9.21 Å². The summed E-state index contributed by atoms with van der Waals surface area (Å²) in [5.74, 6) is 2.72. The number of nitrogens with one attached hydrogen (secondary N) is 1. The zero-order valence-electron chi connectivity index (χ0n) is 13.8. The molecule has 0 atom stereocenters. The van der Waals surface area contributed by atoms with Crippen LogP contribution in [0, 0.1) is 0 Å². The Bertz CT molecular complexity index is 690. The summed E-state index contributed by atoms with van der Waals surface area (Å²) in [5.41, 5.74) is 0. The number of rotatable bonds is 5. The third kappa shape index (κ3) is 3.29. The van der Waals surface area contributed by atoms with Crippen molar-refractivity contribution >= 4 is 6.03 Å². The van der Waals surface area contributed by atoms with Crippen LogP contribution in [0.4, 0.5) is 4.79 Å². The molecule has 2 amide bonds. The maximum Gasteiger partial charge on any atom is 0.318 e. The SMILES string of the molecule is O=C(NCc1nnc2n1CCCCC2)N(Cc1ccco1)C1CC1. The summed E-state index contributed by atoms with van der Waals surface area (Å²) < 4.78 is 7.55. The van der Waals surface area contributed by atoms with Crippen molar-refractivity contribution in [2.45, 2.75) is 64.2 Å². The standard InChI is InChI=1S/C17H23N5O2/c23-17(22(13-7-8-13)12-14-5-4-10-24-14)18-11-16-20-19-15-6-2-1-3-9-21(15)16/h4-5,10,13H,1-3,6-9,11-12H2,(H,18,23). The van der Waals surface area contributed by atoms with Gasteiger partial charge in [0.2, 0.25) is 0 Å². The summed E-state index contributed by atoms with van der Waals surface area (Å²) in [6, 6.07) is 4.02. The molecule has 1 fully saturated rings. The second-order valence-corrected chi connectivity index (χ2v) is 6.59. The number of fused-ring (bicyclic) bond motifs is 1. The van der Waals surface area contributed by atoms with Gasteiger partial charge in [-0.25, -0.2) is 4.79 Å². The van der Waals surface area contributed by atoms with Crippen molar-refractivity contribution in [1.82, 2.24) is 25.0 Å². The van der Waals surface area contributed by atoms with Crippen LogP contribution in [0.3, 0.4) is 0 Å². The van der Waals surface area contributed by atoms with Crippen LogP contribution < -0.4 is 5.32 Å². The Labute approximate surface area is 141 Å². The van der Waals surface area contributed by atoms with Crippen LogP contribution in [-0.2, 0) is 26.1 Å². The number of aryl methyl sites for hydroxylation is 1. The number of hydrogen-bond donors (Lipinski definition) is 1. The fourth-order valence-corrected chi connectivity index (χ4v) is 3.26. The molecule has 0 bridgehead atoms. The zero-order valence-corrected chi connectivity index (χ0v) is 13.8. The third-order valence-electron chi connectivity index (χ3n) is 4.74. The molecule has 3 heterocycles. The van der Waals surface area contributed by atoms with Gasteiger partial charge in [-0.2, -0.15) is 0 Å². The van der Waals surface area contributed by atoms with E-state index in [1.54, 1.807) is 6.26 Å². The Balaban J connectivity index is 1.39. The van der Waals surface area contributed by atoms with Crippen LogP contribution >= 0.6 is 0 Å². The summed E-state index contributed by atoms with van der Waals surface area (Å²) in [7, 11) is 0. The van der Waals surface area contributed by atoms with Gasteiger partial charge in [-0.15, -0.1) is 10.2 Å². The van der Waals surface area contributed by atoms with Gasteiger partial charge in [0.15, 0.2) is 5.82 Å². The summed E-state index contributed by atoms with van der Waals surface area (Å²) in [4.78, 5) is 14.5. The van der Waals surface area contributed by atoms with Crippen molar-refractivity contribution in [3.8, 4) is 0 Å². The van der Waals surface area contributed by atoms with Crippen LogP contribution in [0.1, 0.15) is 49.5 Å². The number of carbonyl (C=O) groups is 1. The van der Waals surface area contributed by atoms with E-state index in [-0.39, 0.29) is 6.03 Å². The van der Waals surface area contributed by atoms with Crippen LogP contribution in [0.25, 0.3) is 0 Å². The molecule has 2 aromatic rings. The summed E-state index contributed by atoms with van der Waals surface area (Å²) >= 11 is 0. The Morgan fingerprint density at radius 2 is 2.25 bits per heavy atom. The van der Waals surface area contributed by atoms with E-state index in [4.69, 9.17) is 4.42 Å². The second kappa shape index (κ2) is 6.67. The molecule has 7 nitrogen and oxygen atoms in total. The molecule has 1 saturated carbocycles. The number of urea groups is 1. The number of amides is 2. The lowest BCUT2D eigenvalue weighted by molar-refractivity contribution is 0.186. The van der Waals surface area contributed by atoms with Crippen LogP contribution in [0.2, 0.25) is 0 Å². The first-order valence-corrected chi connectivity index (χ1v) is 8.79. The van der Waals surface area contributed by atoms with Gasteiger partial charge in [0.1, 0.15) is 11.6 Å². The fraction of sp³-hybridized carbons (Fsp3) is 0.588. The van der Waals surface area contributed by atoms with Crippen molar-refractivity contribution in [3.63, 3.8) is 0 Å². The van der Waals surface area contributed by atoms with Crippen molar-refractivity contribution in [2.24, 2.45) is 0 Å². The molecule has 7 heteroatoms. The first-order valence-electron chi connectivity index (χ1n) is 8.79. The lowest BCUT2D eigenvalue weighted by atomic mass is 10.2. The normalized spacial score (nSPS) is 17.2. The molecule has 0 spiro atoms. The minimum Gasteiger partial charge on any atom is -0.467 e. The molecule has 1 aliphatic heterocycles. The molecule has 128 valence electrons. The number of nitrogens with zero attached hydrogens (tertiary/aromatic N) is 4. The lowest BCUT2D eigenvalue weighted by Gasteiger charge is -2.21. The predicted molar refractivity (Wildman–Crippen MR) is 87.1 cm³/mol. The van der Waals surface area contributed by atoms with Crippen LogP contribution in [-0.4, -0.2) is 31.7 Å². The number of aromatic nitrogens is 3. The highest BCUT2D eigenvalue weighted by Gasteiger charge is 2.33. The second-order valence-electron chi connectivity index (χ2n) is 6.59. The summed E-state index contributed by atoms with van der Waals surface area (Å²) in [5, 5.41) is 11.6. The average Bonchev–Trinajstić information content (AvgIpc) is 3.25. The van der Waals surface area contributed by atoms with Crippen molar-refractivity contribution in [2.75, 3.05) is 0 Å². The van der Waals surface area contributed by atoms with Gasteiger partial charge < -0.3 is 19.2 Å². The first-order chi connectivity index (χ1) is 11.8. The van der Waals surface area contributed by atoms with Gasteiger partial charge >= 0.3 is 6.03 Å². The van der Waals surface area contributed by atoms with E-state index >= 15 is 0 Å². The van der Waals surface area contributed by atoms with Gasteiger partial charge in [0.05, 0.1) is 19.4 Å². The number of carbonyl (C=O) groups excluding carboxylic acids is 1. The molecular formula is C17H23N5O2. The van der Waals surface area contributed by atoms with Crippen molar-refractivity contribution in [3.05, 3.63) is 35.8 Å². The quantitative estimate of drug-likeness (QED) is 0.914. The molecule has 0 unspecified atom stereocenters. The third-order valence-corrected chi connectivity index (χ3v) is 4.74. The molecular weight excluding hydrogens is 306 g/mol. The van der Waals surface area contributed by atoms with Gasteiger partial charge in [0, 0.05) is 19.0 Å². The van der Waals surface area contributed by atoms with E-state index in [2.05, 4.69) is 20.1 Å². The van der Waals surface area contributed by atoms with Crippen molar-refractivity contribution in [1.29, 1.82) is 0 Å². The smallest absolute Gasteiger partial charge is 0.318 e. The Hall–Kier alpha value is -2.31. The highest BCUT2D eigenvalue weighted by atomic mass is 16.3. The van der Waals surface area contributed by atoms with Gasteiger partial charge in [-0.05, 0) is 37.8 Å². The van der Waals surface area contributed by atoms with E-state index in [1.807, 2.05) is 17.0 Å². The van der Waals surface area contributed by atoms with E-state index in [1.165, 1.54) is 12.8 Å². The molecule has 2 aromatic heterocycles. The molecule has 0 saturated heterocycles. The highest BCUT2D eigenvalue weighted by molar-refractivity contribution is 5.74. The van der Waals surface area contributed by atoms with Gasteiger partial charge in [-0.3, -0.25) is 0 Å². The lowest BCUT2D eigenvalue weighted by Crippen LogP contribution is -2.41. The summed E-state index contributed by atoms with van der Waals surface area (Å²) in [6.07, 6.45) is 8.30. The summed E-state index contributed by atoms with van der Waals surface area (Å²) in [6.45, 7) is 1.89. The number of furan rings is 1. The largest absolute Gasteiger partial charge is 0.467 e. The Kier molecular flexibility index (Phi) is 4.23. The molecule has 1 N–H and O–H groups in total. The van der Waals surface area contributed by atoms with Gasteiger partial charge in [-0.1, -0.05) is 6.42 Å². The van der Waals surface area contributed by atoms with E-state index in [0.717, 1.165) is 49.6 Å². The van der Waals surface area contributed by atoms with Gasteiger partial charge in [0.25, 0.3) is 0 Å². The Morgan fingerprint density at radius 1 is 1.33 bits per heavy atom. The van der Waals surface area contributed by atoms with Crippen LogP contribution in [0.5, 0.6) is 0 Å². The molecule has 2 aliphatic rings. The maximum absolute atomic E-state index is 12.6. The predicted octanol–water partition coefficient (Wildman–Crippen LogP) is 2.47. The first kappa shape index (κ1) is 15.2. The Morgan fingerprint density at radius 3 is 3.04 bits per heavy atom.